The van der Waals surface area contributed by atoms with Gasteiger partial charge in [0, 0.05) is 5.48 Å². The van der Waals surface area contributed by atoms with Crippen molar-refractivity contribution >= 4 is 0 Å². The molecule has 0 radical (unpaired) electrons. The topological polar surface area (TPSA) is 9.23 Å². The molecule has 5 atom stereocenters. The molecule has 0 aromatic heterocycles. The van der Waals surface area contributed by atoms with Crippen LogP contribution < -0.4 is 4.74 Å². The molecule has 0 heterocycles. The van der Waals surface area contributed by atoms with E-state index in [9.17, 15) is 17.6 Å². The van der Waals surface area contributed by atoms with E-state index < -0.39 is 43.0 Å². The zero-order chi connectivity index (χ0) is 24.2. The lowest BCUT2D eigenvalue weighted by molar-refractivity contribution is -0.275. The molecule has 3 aliphatic rings. The minimum Gasteiger partial charge on any atom is -0.403 e. The van der Waals surface area contributed by atoms with E-state index in [2.05, 4.69) is 11.7 Å². The second-order valence-electron chi connectivity index (χ2n) is 9.02. The second kappa shape index (κ2) is 8.47. The molecule has 4 rings (SSSR count). The Morgan fingerprint density at radius 1 is 1.03 bits per heavy atom. The summed E-state index contributed by atoms with van der Waals surface area (Å²) in [6, 6.07) is 1.95. The van der Waals surface area contributed by atoms with Crippen LogP contribution in [0.25, 0.3) is 0 Å². The first-order chi connectivity index (χ1) is 15.3. The molecule has 5 unspecified atom stereocenters. The number of benzene rings is 1. The SMILES string of the molecule is [2H]C1([2H])Cc2c(ccc(OC(F)(F)F)c2F)C([2H])([2H])C1C1CCC2CC(CCC)CCC2C1. The lowest BCUT2D eigenvalue weighted by atomic mass is 9.61. The summed E-state index contributed by atoms with van der Waals surface area (Å²) in [7, 11) is 0. The number of halogens is 4. The zero-order valence-electron chi connectivity index (χ0n) is 20.8. The molecule has 0 amide bonds. The van der Waals surface area contributed by atoms with Crippen LogP contribution >= 0.6 is 0 Å². The molecule has 0 saturated heterocycles. The fourth-order valence-corrected chi connectivity index (χ4v) is 5.82. The minimum absolute atomic E-state index is 0.0524. The minimum atomic E-state index is -5.08. The fraction of sp³-hybridized carbons (Fsp3) is 0.750. The highest BCUT2D eigenvalue weighted by atomic mass is 19.4. The number of hydrogen-bond acceptors (Lipinski definition) is 1. The maximum absolute atomic E-state index is 14.9. The predicted octanol–water partition coefficient (Wildman–Crippen LogP) is 7.46. The third-order valence-corrected chi connectivity index (χ3v) is 7.17. The largest absolute Gasteiger partial charge is 0.573 e. The van der Waals surface area contributed by atoms with E-state index in [4.69, 9.17) is 5.48 Å². The molecule has 2 saturated carbocycles. The molecule has 0 bridgehead atoms. The maximum Gasteiger partial charge on any atom is 0.573 e. The van der Waals surface area contributed by atoms with E-state index in [0.29, 0.717) is 11.8 Å². The van der Waals surface area contributed by atoms with Crippen LogP contribution in [0.4, 0.5) is 17.6 Å². The Kier molecular flexibility index (Phi) is 4.80. The standard InChI is InChI=1S/C24H32F4O/c1-2-3-15-4-5-17-13-18(7-6-16(17)12-15)19-8-10-21-20(14-19)9-11-22(23(21)25)29-24(26,27)28/h9,11,15-19H,2-8,10,12-14H2,1H3/i8D2,14D2. The Balaban J connectivity index is 1.60. The van der Waals surface area contributed by atoms with Crippen molar-refractivity contribution in [3.05, 3.63) is 29.1 Å². The molecular formula is C24H32F4O. The van der Waals surface area contributed by atoms with Gasteiger partial charge in [-0.25, -0.2) is 4.39 Å². The Morgan fingerprint density at radius 3 is 2.45 bits per heavy atom. The van der Waals surface area contributed by atoms with E-state index in [1.54, 1.807) is 0 Å². The number of ether oxygens (including phenoxy) is 1. The van der Waals surface area contributed by atoms with Crippen LogP contribution in [0.2, 0.25) is 0 Å². The van der Waals surface area contributed by atoms with Gasteiger partial charge < -0.3 is 4.74 Å². The Labute approximate surface area is 176 Å². The Hall–Kier alpha value is -1.26. The van der Waals surface area contributed by atoms with Gasteiger partial charge in [-0.3, -0.25) is 0 Å². The summed E-state index contributed by atoms with van der Waals surface area (Å²) in [6.07, 6.45) is -1.48. The van der Waals surface area contributed by atoms with Crippen LogP contribution in [-0.2, 0) is 12.8 Å². The molecule has 0 aliphatic heterocycles. The van der Waals surface area contributed by atoms with Crippen LogP contribution in [0, 0.1) is 35.4 Å². The summed E-state index contributed by atoms with van der Waals surface area (Å²) < 4.78 is 91.5. The van der Waals surface area contributed by atoms with Gasteiger partial charge in [-0.15, -0.1) is 13.2 Å². The smallest absolute Gasteiger partial charge is 0.403 e. The van der Waals surface area contributed by atoms with Crippen molar-refractivity contribution < 1.29 is 27.8 Å². The van der Waals surface area contributed by atoms with Crippen molar-refractivity contribution in [2.45, 2.75) is 83.8 Å². The van der Waals surface area contributed by atoms with E-state index in [0.717, 1.165) is 43.7 Å². The maximum atomic E-state index is 14.9. The molecule has 1 nitrogen and oxygen atoms in total. The third kappa shape index (κ3) is 4.74. The van der Waals surface area contributed by atoms with Crippen LogP contribution in [0.3, 0.4) is 0 Å². The van der Waals surface area contributed by atoms with Crippen molar-refractivity contribution in [2.24, 2.45) is 29.6 Å². The predicted molar refractivity (Wildman–Crippen MR) is 105 cm³/mol. The summed E-state index contributed by atoms with van der Waals surface area (Å²) in [5.41, 5.74) is -0.403. The first kappa shape index (κ1) is 16.4. The van der Waals surface area contributed by atoms with Gasteiger partial charge in [0.15, 0.2) is 11.6 Å². The van der Waals surface area contributed by atoms with E-state index in [1.807, 2.05) is 0 Å². The molecule has 1 aromatic rings. The van der Waals surface area contributed by atoms with Gasteiger partial charge in [0.1, 0.15) is 0 Å². The molecule has 29 heavy (non-hydrogen) atoms. The molecule has 2 fully saturated rings. The molecule has 3 aliphatic carbocycles. The van der Waals surface area contributed by atoms with Crippen molar-refractivity contribution in [2.75, 3.05) is 0 Å². The Bertz CT molecular complexity index is 873. The van der Waals surface area contributed by atoms with Crippen molar-refractivity contribution in [1.29, 1.82) is 0 Å². The molecule has 0 spiro atoms. The highest BCUT2D eigenvalue weighted by Gasteiger charge is 2.39. The molecule has 1 aromatic carbocycles. The molecular weight excluding hydrogens is 380 g/mol. The van der Waals surface area contributed by atoms with E-state index >= 15 is 0 Å². The second-order valence-corrected chi connectivity index (χ2v) is 9.02. The van der Waals surface area contributed by atoms with Crippen LogP contribution in [-0.4, -0.2) is 6.36 Å². The average molecular weight is 417 g/mol. The fourth-order valence-electron chi connectivity index (χ4n) is 5.82. The van der Waals surface area contributed by atoms with Gasteiger partial charge in [-0.1, -0.05) is 32.3 Å². The van der Waals surface area contributed by atoms with Crippen LogP contribution in [0.15, 0.2) is 12.1 Å². The van der Waals surface area contributed by atoms with Crippen molar-refractivity contribution in [3.63, 3.8) is 0 Å². The van der Waals surface area contributed by atoms with Gasteiger partial charge >= 0.3 is 6.36 Å². The van der Waals surface area contributed by atoms with Gasteiger partial charge in [0.25, 0.3) is 0 Å². The number of hydrogen-bond donors (Lipinski definition) is 0. The number of rotatable bonds is 4. The van der Waals surface area contributed by atoms with Gasteiger partial charge in [-0.05, 0) is 98.1 Å². The van der Waals surface area contributed by atoms with Crippen molar-refractivity contribution in [1.82, 2.24) is 0 Å². The zero-order valence-corrected chi connectivity index (χ0v) is 16.8. The highest BCUT2D eigenvalue weighted by Crippen LogP contribution is 2.49. The van der Waals surface area contributed by atoms with Gasteiger partial charge in [-0.2, -0.15) is 0 Å². The number of fused-ring (bicyclic) bond motifs is 2. The lowest BCUT2D eigenvalue weighted by Gasteiger charge is -2.45. The summed E-state index contributed by atoms with van der Waals surface area (Å²) >= 11 is 0. The summed E-state index contributed by atoms with van der Waals surface area (Å²) in [4.78, 5) is 0. The summed E-state index contributed by atoms with van der Waals surface area (Å²) in [6.45, 7) is 2.20. The Morgan fingerprint density at radius 2 is 1.72 bits per heavy atom. The quantitative estimate of drug-likeness (QED) is 0.463. The van der Waals surface area contributed by atoms with E-state index in [1.165, 1.54) is 25.7 Å². The first-order valence-electron chi connectivity index (χ1n) is 12.9. The monoisotopic (exact) mass is 416 g/mol. The van der Waals surface area contributed by atoms with Crippen molar-refractivity contribution in [3.8, 4) is 5.75 Å². The molecule has 162 valence electrons. The summed E-state index contributed by atoms with van der Waals surface area (Å²) in [5, 5.41) is 0. The highest BCUT2D eigenvalue weighted by molar-refractivity contribution is 5.39. The van der Waals surface area contributed by atoms with Gasteiger partial charge in [0.05, 0.1) is 0 Å². The van der Waals surface area contributed by atoms with Gasteiger partial charge in [0.2, 0.25) is 0 Å². The van der Waals surface area contributed by atoms with Crippen LogP contribution in [0.1, 0.15) is 81.3 Å². The third-order valence-electron chi connectivity index (χ3n) is 7.17. The van der Waals surface area contributed by atoms with E-state index in [-0.39, 0.29) is 17.0 Å². The van der Waals surface area contributed by atoms with Crippen LogP contribution in [0.5, 0.6) is 5.75 Å². The normalized spacial score (nSPS) is 37.9. The molecule has 5 heteroatoms. The molecule has 0 N–H and O–H groups in total. The average Bonchev–Trinajstić information content (AvgIpc) is 2.69. The first-order valence-corrected chi connectivity index (χ1v) is 10.9. The summed E-state index contributed by atoms with van der Waals surface area (Å²) in [5.74, 6) is -1.70. The lowest BCUT2D eigenvalue weighted by Crippen LogP contribution is -2.35. The number of alkyl halides is 3.